The minimum absolute atomic E-state index is 0.0140. The van der Waals surface area contributed by atoms with Crippen molar-refractivity contribution in [2.24, 2.45) is 22.2 Å². The zero-order valence-corrected chi connectivity index (χ0v) is 17.5. The normalized spacial score (nSPS) is 15.6. The molecular weight excluding hydrogens is 406 g/mol. The molecule has 2 amide bonds. The van der Waals surface area contributed by atoms with Gasteiger partial charge < -0.3 is 22.5 Å². The Morgan fingerprint density at radius 2 is 2.00 bits per heavy atom. The Morgan fingerprint density at radius 1 is 1.23 bits per heavy atom. The summed E-state index contributed by atoms with van der Waals surface area (Å²) in [6.45, 7) is 2.92. The first-order chi connectivity index (χ1) is 14.3. The van der Waals surface area contributed by atoms with E-state index in [9.17, 15) is 9.59 Å². The van der Waals surface area contributed by atoms with Gasteiger partial charge in [-0.15, -0.1) is 0 Å². The van der Waals surface area contributed by atoms with Gasteiger partial charge in [-0.2, -0.15) is 0 Å². The number of aromatic nitrogens is 1. The summed E-state index contributed by atoms with van der Waals surface area (Å²) in [5.41, 5.74) is 19.0. The van der Waals surface area contributed by atoms with E-state index in [4.69, 9.17) is 28.8 Å². The minimum atomic E-state index is -0.380. The number of hydrogen-bond acceptors (Lipinski definition) is 7. The van der Waals surface area contributed by atoms with E-state index in [1.54, 1.807) is 30.2 Å². The van der Waals surface area contributed by atoms with Gasteiger partial charge in [-0.25, -0.2) is 0 Å². The molecule has 1 aliphatic heterocycles. The smallest absolute Gasteiger partial charge is 0.228 e. The van der Waals surface area contributed by atoms with Gasteiger partial charge in [-0.05, 0) is 37.6 Å². The molecule has 0 bridgehead atoms. The number of rotatable bonds is 7. The average molecular weight is 432 g/mol. The molecule has 0 saturated heterocycles. The van der Waals surface area contributed by atoms with Crippen LogP contribution in [-0.2, 0) is 9.59 Å². The van der Waals surface area contributed by atoms with Crippen molar-refractivity contribution in [1.82, 2.24) is 15.2 Å². The number of amidine groups is 1. The Hall–Kier alpha value is -3.33. The lowest BCUT2D eigenvalue weighted by Crippen LogP contribution is -2.40. The number of allylic oxidation sites excluding steroid dienone is 3. The Bertz CT molecular complexity index is 917. The Balaban J connectivity index is 1.89. The van der Waals surface area contributed by atoms with Crippen molar-refractivity contribution in [3.63, 3.8) is 0 Å². The maximum atomic E-state index is 12.5. The van der Waals surface area contributed by atoms with Crippen LogP contribution in [-0.4, -0.2) is 40.6 Å². The van der Waals surface area contributed by atoms with Crippen LogP contribution in [0.1, 0.15) is 31.7 Å². The van der Waals surface area contributed by atoms with E-state index >= 15 is 0 Å². The molecule has 1 aromatic rings. The van der Waals surface area contributed by atoms with Gasteiger partial charge in [0.25, 0.3) is 0 Å². The summed E-state index contributed by atoms with van der Waals surface area (Å²) >= 11 is 5.88. The molecule has 9 nitrogen and oxygen atoms in total. The van der Waals surface area contributed by atoms with Crippen molar-refractivity contribution in [3.8, 4) is 0 Å². The van der Waals surface area contributed by atoms with Crippen molar-refractivity contribution < 1.29 is 9.59 Å². The number of aliphatic imine (C=N–C) groups is 1. The summed E-state index contributed by atoms with van der Waals surface area (Å²) in [6, 6.07) is 1.66. The number of pyridine rings is 1. The van der Waals surface area contributed by atoms with Crippen LogP contribution >= 0.6 is 11.6 Å². The van der Waals surface area contributed by atoms with Crippen LogP contribution in [0.5, 0.6) is 0 Å². The summed E-state index contributed by atoms with van der Waals surface area (Å²) in [4.78, 5) is 34.4. The van der Waals surface area contributed by atoms with Gasteiger partial charge >= 0.3 is 0 Å². The van der Waals surface area contributed by atoms with Gasteiger partial charge in [0.15, 0.2) is 0 Å². The highest BCUT2D eigenvalue weighted by molar-refractivity contribution is 6.30. The van der Waals surface area contributed by atoms with Crippen LogP contribution < -0.4 is 22.5 Å². The van der Waals surface area contributed by atoms with Crippen LogP contribution in [0.3, 0.4) is 0 Å². The van der Waals surface area contributed by atoms with Crippen molar-refractivity contribution in [2.75, 3.05) is 13.1 Å². The second kappa shape index (κ2) is 11.0. The monoisotopic (exact) mass is 431 g/mol. The predicted molar refractivity (Wildman–Crippen MR) is 118 cm³/mol. The highest BCUT2D eigenvalue weighted by atomic mass is 35.5. The van der Waals surface area contributed by atoms with E-state index in [-0.39, 0.29) is 30.5 Å². The Morgan fingerprint density at radius 3 is 2.70 bits per heavy atom. The molecule has 0 spiro atoms. The molecule has 0 radical (unpaired) electrons. The van der Waals surface area contributed by atoms with Gasteiger partial charge in [-0.3, -0.25) is 24.5 Å². The fourth-order valence-corrected chi connectivity index (χ4v) is 2.84. The fourth-order valence-electron chi connectivity index (χ4n) is 2.67. The molecule has 0 aromatic carbocycles. The van der Waals surface area contributed by atoms with E-state index < -0.39 is 0 Å². The zero-order valence-electron chi connectivity index (χ0n) is 16.8. The Kier molecular flexibility index (Phi) is 8.42. The number of nitrogens with two attached hydrogens (primary N) is 3. The van der Waals surface area contributed by atoms with E-state index in [1.807, 2.05) is 0 Å². The number of nitrogens with zero attached hydrogens (tertiary/aromatic N) is 3. The second-order valence-electron chi connectivity index (χ2n) is 6.71. The molecule has 1 aromatic heterocycles. The van der Waals surface area contributed by atoms with Gasteiger partial charge in [0.1, 0.15) is 11.7 Å². The van der Waals surface area contributed by atoms with E-state index in [1.165, 1.54) is 18.3 Å². The van der Waals surface area contributed by atoms with Gasteiger partial charge in [-0.1, -0.05) is 11.6 Å². The van der Waals surface area contributed by atoms with Crippen molar-refractivity contribution in [1.29, 1.82) is 0 Å². The molecular formula is C20H26ClN7O2. The first-order valence-corrected chi connectivity index (χ1v) is 9.76. The number of halogens is 1. The SMILES string of the molecule is CC(N)=CC1=NCCCN1C(=O)CCC(=O)N/C(N)=C/C=C(\N)c1cncc(Cl)c1. The lowest BCUT2D eigenvalue weighted by atomic mass is 10.2. The number of nitrogens with one attached hydrogen (secondary N) is 1. The molecule has 0 aliphatic carbocycles. The standard InChI is InChI=1S/C20H26ClN7O2/c1-13(22)9-18-26-7-2-8-28(18)20(30)6-5-19(29)27-17(24)4-3-16(23)14-10-15(21)12-25-11-14/h3-4,9-12H,2,5-8,22-24H2,1H3,(H,27,29)/b13-9?,16-3-,17-4+. The predicted octanol–water partition coefficient (Wildman–Crippen LogP) is 1.22. The molecule has 7 N–H and O–H groups in total. The molecule has 0 atom stereocenters. The lowest BCUT2D eigenvalue weighted by molar-refractivity contribution is -0.130. The van der Waals surface area contributed by atoms with E-state index in [2.05, 4.69) is 15.3 Å². The van der Waals surface area contributed by atoms with Crippen LogP contribution in [0.15, 0.2) is 53.2 Å². The summed E-state index contributed by atoms with van der Waals surface area (Å²) in [7, 11) is 0. The molecule has 2 rings (SSSR count). The third-order valence-corrected chi connectivity index (χ3v) is 4.29. The number of hydrogen-bond donors (Lipinski definition) is 4. The zero-order chi connectivity index (χ0) is 22.1. The topological polar surface area (TPSA) is 153 Å². The molecule has 160 valence electrons. The van der Waals surface area contributed by atoms with Crippen LogP contribution in [0.4, 0.5) is 0 Å². The molecule has 0 saturated carbocycles. The third kappa shape index (κ3) is 7.25. The first-order valence-electron chi connectivity index (χ1n) is 9.38. The quantitative estimate of drug-likeness (QED) is 0.476. The third-order valence-electron chi connectivity index (χ3n) is 4.08. The van der Waals surface area contributed by atoms with Crippen molar-refractivity contribution in [2.45, 2.75) is 26.2 Å². The van der Waals surface area contributed by atoms with Crippen LogP contribution in [0.25, 0.3) is 5.70 Å². The second-order valence-corrected chi connectivity index (χ2v) is 7.15. The lowest BCUT2D eigenvalue weighted by Gasteiger charge is -2.26. The molecule has 0 fully saturated rings. The summed E-state index contributed by atoms with van der Waals surface area (Å²) in [6.07, 6.45) is 8.49. The molecule has 1 aliphatic rings. The fraction of sp³-hybridized carbons (Fsp3) is 0.300. The summed E-state index contributed by atoms with van der Waals surface area (Å²) in [5.74, 6) is 0.0604. The van der Waals surface area contributed by atoms with E-state index in [0.717, 1.165) is 6.42 Å². The largest absolute Gasteiger partial charge is 0.402 e. The highest BCUT2D eigenvalue weighted by Gasteiger charge is 2.21. The molecule has 2 heterocycles. The molecule has 30 heavy (non-hydrogen) atoms. The van der Waals surface area contributed by atoms with Crippen LogP contribution in [0.2, 0.25) is 5.02 Å². The van der Waals surface area contributed by atoms with Crippen LogP contribution in [0, 0.1) is 0 Å². The number of amides is 2. The van der Waals surface area contributed by atoms with Gasteiger partial charge in [0.05, 0.1) is 5.02 Å². The average Bonchev–Trinajstić information content (AvgIpc) is 2.70. The van der Waals surface area contributed by atoms with Crippen molar-refractivity contribution in [3.05, 3.63) is 58.8 Å². The van der Waals surface area contributed by atoms with E-state index in [0.29, 0.717) is 40.9 Å². The molecule has 10 heteroatoms. The maximum absolute atomic E-state index is 12.5. The maximum Gasteiger partial charge on any atom is 0.228 e. The summed E-state index contributed by atoms with van der Waals surface area (Å²) in [5, 5.41) is 2.98. The number of carbonyl (C=O) groups excluding carboxylic acids is 2. The van der Waals surface area contributed by atoms with Gasteiger partial charge in [0.2, 0.25) is 11.8 Å². The first kappa shape index (κ1) is 23.0. The summed E-state index contributed by atoms with van der Waals surface area (Å²) < 4.78 is 0. The molecule has 0 unspecified atom stereocenters. The Labute approximate surface area is 180 Å². The number of carbonyl (C=O) groups is 2. The highest BCUT2D eigenvalue weighted by Crippen LogP contribution is 2.13. The van der Waals surface area contributed by atoms with Gasteiger partial charge in [0, 0.05) is 55.3 Å². The van der Waals surface area contributed by atoms with Crippen molar-refractivity contribution >= 4 is 34.9 Å². The minimum Gasteiger partial charge on any atom is -0.402 e.